The predicted molar refractivity (Wildman–Crippen MR) is 69.6 cm³/mol. The average Bonchev–Trinajstić information content (AvgIpc) is 2.85. The van der Waals surface area contributed by atoms with Crippen LogP contribution in [-0.2, 0) is 4.79 Å². The van der Waals surface area contributed by atoms with Crippen molar-refractivity contribution in [3.8, 4) is 11.5 Å². The summed E-state index contributed by atoms with van der Waals surface area (Å²) in [6.07, 6.45) is 0. The van der Waals surface area contributed by atoms with E-state index >= 15 is 0 Å². The first-order valence-corrected chi connectivity index (χ1v) is 5.96. The largest absolute Gasteiger partial charge is 0.480 e. The summed E-state index contributed by atoms with van der Waals surface area (Å²) in [7, 11) is 0. The smallest absolute Gasteiger partial charge is 0.326 e. The van der Waals surface area contributed by atoms with Crippen LogP contribution in [0.3, 0.4) is 0 Å². The number of hydrogen-bond donors (Lipinski definition) is 2. The molecule has 0 aliphatic rings. The summed E-state index contributed by atoms with van der Waals surface area (Å²) in [5.41, 5.74) is 0.791. The number of carboxylic acid groups (broad SMARTS) is 1. The molecule has 0 amide bonds. The van der Waals surface area contributed by atoms with E-state index in [1.54, 1.807) is 0 Å². The van der Waals surface area contributed by atoms with Gasteiger partial charge in [-0.2, -0.15) is 4.98 Å². The first-order chi connectivity index (χ1) is 9.08. The number of carboxylic acids is 1. The molecule has 2 aromatic rings. The normalized spacial score (nSPS) is 12.4. The van der Waals surface area contributed by atoms with Crippen LogP contribution < -0.4 is 5.32 Å². The molecule has 1 aromatic carbocycles. The second-order valence-electron chi connectivity index (χ2n) is 4.49. The van der Waals surface area contributed by atoms with Crippen LogP contribution in [0.1, 0.15) is 13.8 Å². The SMILES string of the molecule is CC(C)[C@@H](Nc1noc(-c2ccccc2)n1)C(=O)O. The quantitative estimate of drug-likeness (QED) is 0.858. The molecule has 0 fully saturated rings. The molecule has 0 radical (unpaired) electrons. The topological polar surface area (TPSA) is 88.3 Å². The molecule has 0 aliphatic carbocycles. The van der Waals surface area contributed by atoms with E-state index in [1.165, 1.54) is 0 Å². The summed E-state index contributed by atoms with van der Waals surface area (Å²) < 4.78 is 5.09. The molecular weight excluding hydrogens is 246 g/mol. The van der Waals surface area contributed by atoms with Crippen LogP contribution in [0.5, 0.6) is 0 Å². The molecule has 19 heavy (non-hydrogen) atoms. The van der Waals surface area contributed by atoms with Crippen LogP contribution in [0.25, 0.3) is 11.5 Å². The Morgan fingerprint density at radius 1 is 1.32 bits per heavy atom. The summed E-state index contributed by atoms with van der Waals surface area (Å²) in [5, 5.41) is 15.6. The predicted octanol–water partition coefficient (Wildman–Crippen LogP) is 2.26. The van der Waals surface area contributed by atoms with Gasteiger partial charge in [-0.25, -0.2) is 4.79 Å². The van der Waals surface area contributed by atoms with Gasteiger partial charge >= 0.3 is 5.97 Å². The van der Waals surface area contributed by atoms with Crippen molar-refractivity contribution in [3.05, 3.63) is 30.3 Å². The third-order valence-corrected chi connectivity index (χ3v) is 2.66. The van der Waals surface area contributed by atoms with Crippen molar-refractivity contribution in [1.82, 2.24) is 10.1 Å². The average molecular weight is 261 g/mol. The van der Waals surface area contributed by atoms with Crippen LogP contribution >= 0.6 is 0 Å². The zero-order valence-electron chi connectivity index (χ0n) is 10.7. The molecule has 0 saturated heterocycles. The lowest BCUT2D eigenvalue weighted by Gasteiger charge is -2.15. The molecule has 6 heteroatoms. The highest BCUT2D eigenvalue weighted by Gasteiger charge is 2.23. The molecule has 1 heterocycles. The van der Waals surface area contributed by atoms with Crippen molar-refractivity contribution < 1.29 is 14.4 Å². The van der Waals surface area contributed by atoms with E-state index in [9.17, 15) is 4.79 Å². The maximum Gasteiger partial charge on any atom is 0.326 e. The van der Waals surface area contributed by atoms with E-state index < -0.39 is 12.0 Å². The Kier molecular flexibility index (Phi) is 3.79. The first kappa shape index (κ1) is 13.1. The van der Waals surface area contributed by atoms with E-state index in [0.29, 0.717) is 5.89 Å². The molecule has 0 spiro atoms. The highest BCUT2D eigenvalue weighted by atomic mass is 16.5. The summed E-state index contributed by atoms with van der Waals surface area (Å²) in [4.78, 5) is 15.2. The highest BCUT2D eigenvalue weighted by molar-refractivity contribution is 5.76. The minimum absolute atomic E-state index is 0.0869. The van der Waals surface area contributed by atoms with Crippen LogP contribution in [-0.4, -0.2) is 27.3 Å². The number of aliphatic carboxylic acids is 1. The lowest BCUT2D eigenvalue weighted by molar-refractivity contribution is -0.138. The monoisotopic (exact) mass is 261 g/mol. The van der Waals surface area contributed by atoms with Gasteiger partial charge in [0.1, 0.15) is 6.04 Å². The van der Waals surface area contributed by atoms with E-state index in [2.05, 4.69) is 15.5 Å². The van der Waals surface area contributed by atoms with Gasteiger partial charge in [0.05, 0.1) is 0 Å². The summed E-state index contributed by atoms with van der Waals surface area (Å²) in [5.74, 6) is -0.492. The van der Waals surface area contributed by atoms with Gasteiger partial charge in [-0.3, -0.25) is 0 Å². The molecule has 100 valence electrons. The molecule has 1 aromatic heterocycles. The summed E-state index contributed by atoms with van der Waals surface area (Å²) in [6, 6.07) is 8.55. The van der Waals surface area contributed by atoms with Gasteiger partial charge in [-0.1, -0.05) is 32.0 Å². The van der Waals surface area contributed by atoms with Gasteiger partial charge in [0.15, 0.2) is 0 Å². The molecule has 0 aliphatic heterocycles. The lowest BCUT2D eigenvalue weighted by Crippen LogP contribution is -2.34. The van der Waals surface area contributed by atoms with Crippen molar-refractivity contribution in [1.29, 1.82) is 0 Å². The van der Waals surface area contributed by atoms with Gasteiger partial charge < -0.3 is 14.9 Å². The van der Waals surface area contributed by atoms with Gasteiger partial charge in [0.2, 0.25) is 0 Å². The number of hydrogen-bond acceptors (Lipinski definition) is 5. The number of aromatic nitrogens is 2. The number of anilines is 1. The Morgan fingerprint density at radius 3 is 2.58 bits per heavy atom. The molecule has 0 saturated carbocycles. The number of benzene rings is 1. The Balaban J connectivity index is 2.16. The van der Waals surface area contributed by atoms with Crippen LogP contribution in [0.15, 0.2) is 34.9 Å². The Morgan fingerprint density at radius 2 is 2.00 bits per heavy atom. The maximum absolute atomic E-state index is 11.1. The van der Waals surface area contributed by atoms with Crippen LogP contribution in [0, 0.1) is 5.92 Å². The Hall–Kier alpha value is -2.37. The Bertz CT molecular complexity index is 551. The minimum Gasteiger partial charge on any atom is -0.480 e. The van der Waals surface area contributed by atoms with Gasteiger partial charge in [-0.05, 0) is 23.2 Å². The van der Waals surface area contributed by atoms with Crippen LogP contribution in [0.4, 0.5) is 5.95 Å². The third-order valence-electron chi connectivity index (χ3n) is 2.66. The van der Waals surface area contributed by atoms with Crippen molar-refractivity contribution >= 4 is 11.9 Å². The van der Waals surface area contributed by atoms with E-state index in [0.717, 1.165) is 5.56 Å². The minimum atomic E-state index is -0.943. The van der Waals surface area contributed by atoms with Crippen molar-refractivity contribution in [3.63, 3.8) is 0 Å². The third kappa shape index (κ3) is 3.09. The number of nitrogens with zero attached hydrogens (tertiary/aromatic N) is 2. The molecule has 0 bridgehead atoms. The molecular formula is C13H15N3O3. The van der Waals surface area contributed by atoms with Gasteiger partial charge in [0.25, 0.3) is 11.8 Å². The van der Waals surface area contributed by atoms with Gasteiger partial charge in [0, 0.05) is 5.56 Å². The van der Waals surface area contributed by atoms with Crippen molar-refractivity contribution in [2.45, 2.75) is 19.9 Å². The molecule has 1 atom stereocenters. The second kappa shape index (κ2) is 5.51. The van der Waals surface area contributed by atoms with E-state index in [4.69, 9.17) is 9.63 Å². The Labute approximate surface area is 110 Å². The van der Waals surface area contributed by atoms with Crippen molar-refractivity contribution in [2.24, 2.45) is 5.92 Å². The second-order valence-corrected chi connectivity index (χ2v) is 4.49. The molecule has 2 rings (SSSR count). The number of rotatable bonds is 5. The standard InChI is InChI=1S/C13H15N3O3/c1-8(2)10(12(17)18)14-13-15-11(19-16-13)9-6-4-3-5-7-9/h3-8,10H,1-2H3,(H,14,16)(H,17,18)/t10-/m1/s1. The molecule has 2 N–H and O–H groups in total. The van der Waals surface area contributed by atoms with Crippen LogP contribution in [0.2, 0.25) is 0 Å². The maximum atomic E-state index is 11.1. The first-order valence-electron chi connectivity index (χ1n) is 5.96. The van der Waals surface area contributed by atoms with Gasteiger partial charge in [-0.15, -0.1) is 0 Å². The van der Waals surface area contributed by atoms with E-state index in [-0.39, 0.29) is 11.9 Å². The molecule has 6 nitrogen and oxygen atoms in total. The fraction of sp³-hybridized carbons (Fsp3) is 0.308. The highest BCUT2D eigenvalue weighted by Crippen LogP contribution is 2.18. The number of carbonyl (C=O) groups is 1. The summed E-state index contributed by atoms with van der Waals surface area (Å²) >= 11 is 0. The molecule has 0 unspecified atom stereocenters. The zero-order valence-corrected chi connectivity index (χ0v) is 10.7. The van der Waals surface area contributed by atoms with Crippen molar-refractivity contribution in [2.75, 3.05) is 5.32 Å². The fourth-order valence-corrected chi connectivity index (χ4v) is 1.63. The van der Waals surface area contributed by atoms with E-state index in [1.807, 2.05) is 44.2 Å². The zero-order chi connectivity index (χ0) is 13.8. The fourth-order valence-electron chi connectivity index (χ4n) is 1.63. The lowest BCUT2D eigenvalue weighted by atomic mass is 10.1. The summed E-state index contributed by atoms with van der Waals surface area (Å²) in [6.45, 7) is 3.62. The number of nitrogens with one attached hydrogen (secondary N) is 1.